The molecule has 1 saturated carbocycles. The summed E-state index contributed by atoms with van der Waals surface area (Å²) in [4.78, 5) is 11.8. The van der Waals surface area contributed by atoms with Crippen LogP contribution in [-0.4, -0.2) is 16.6 Å². The van der Waals surface area contributed by atoms with Crippen molar-refractivity contribution in [3.63, 3.8) is 0 Å². The van der Waals surface area contributed by atoms with Crippen molar-refractivity contribution in [2.45, 2.75) is 24.9 Å². The maximum Gasteiger partial charge on any atom is 0.306 e. The van der Waals surface area contributed by atoms with Crippen LogP contribution >= 0.6 is 11.3 Å². The minimum absolute atomic E-state index is 0.365. The molecular weight excluding hydrogens is 224 g/mol. The standard InChI is InChI=1S/C11H12N2O2S/c12-7-11(4-8(5-11)10(14)15)13-6-9-2-1-3-16-9/h1-3,8,13H,4-6H2,(H,14,15). The molecule has 1 aromatic heterocycles. The maximum absolute atomic E-state index is 10.7. The van der Waals surface area contributed by atoms with Crippen LogP contribution in [0.15, 0.2) is 17.5 Å². The number of hydrogen-bond acceptors (Lipinski definition) is 4. The van der Waals surface area contributed by atoms with E-state index >= 15 is 0 Å². The van der Waals surface area contributed by atoms with E-state index in [1.54, 1.807) is 11.3 Å². The summed E-state index contributed by atoms with van der Waals surface area (Å²) in [6.07, 6.45) is 0.814. The molecule has 1 aliphatic rings. The molecule has 1 aromatic rings. The summed E-state index contributed by atoms with van der Waals surface area (Å²) in [6, 6.07) is 6.15. The predicted molar refractivity (Wildman–Crippen MR) is 59.9 cm³/mol. The van der Waals surface area contributed by atoms with Gasteiger partial charge in [0, 0.05) is 11.4 Å². The Morgan fingerprint density at radius 2 is 2.50 bits per heavy atom. The van der Waals surface area contributed by atoms with E-state index in [0.29, 0.717) is 19.4 Å². The second-order valence-corrected chi connectivity index (χ2v) is 5.10. The first-order valence-corrected chi connectivity index (χ1v) is 5.95. The molecule has 0 radical (unpaired) electrons. The summed E-state index contributed by atoms with van der Waals surface area (Å²) >= 11 is 1.63. The lowest BCUT2D eigenvalue weighted by atomic mass is 9.69. The van der Waals surface area contributed by atoms with Gasteiger partial charge in [0.2, 0.25) is 0 Å². The molecule has 0 spiro atoms. The van der Waals surface area contributed by atoms with Gasteiger partial charge in [0.1, 0.15) is 5.54 Å². The molecule has 1 heterocycles. The van der Waals surface area contributed by atoms with Crippen LogP contribution in [0.1, 0.15) is 17.7 Å². The lowest BCUT2D eigenvalue weighted by molar-refractivity contribution is -0.146. The number of nitriles is 1. The number of hydrogen-bond donors (Lipinski definition) is 2. The smallest absolute Gasteiger partial charge is 0.306 e. The van der Waals surface area contributed by atoms with Gasteiger partial charge in [0.15, 0.2) is 0 Å². The average Bonchev–Trinajstić information content (AvgIpc) is 2.69. The third kappa shape index (κ3) is 2.08. The number of carbonyl (C=O) groups is 1. The zero-order chi connectivity index (χ0) is 11.6. The summed E-state index contributed by atoms with van der Waals surface area (Å²) in [5, 5.41) is 23.0. The lowest BCUT2D eigenvalue weighted by Gasteiger charge is -2.40. The van der Waals surface area contributed by atoms with Gasteiger partial charge in [-0.15, -0.1) is 11.3 Å². The lowest BCUT2D eigenvalue weighted by Crippen LogP contribution is -2.55. The molecular formula is C11H12N2O2S. The van der Waals surface area contributed by atoms with Crippen LogP contribution in [0.25, 0.3) is 0 Å². The van der Waals surface area contributed by atoms with Gasteiger partial charge in [-0.05, 0) is 24.3 Å². The fourth-order valence-corrected chi connectivity index (χ4v) is 2.55. The minimum Gasteiger partial charge on any atom is -0.481 e. The molecule has 5 heteroatoms. The van der Waals surface area contributed by atoms with Gasteiger partial charge in [-0.1, -0.05) is 6.07 Å². The summed E-state index contributed by atoms with van der Waals surface area (Å²) in [6.45, 7) is 0.636. The second-order valence-electron chi connectivity index (χ2n) is 4.07. The first kappa shape index (κ1) is 11.1. The Balaban J connectivity index is 1.89. The van der Waals surface area contributed by atoms with Crippen LogP contribution in [0.2, 0.25) is 0 Å². The summed E-state index contributed by atoms with van der Waals surface area (Å²) < 4.78 is 0. The average molecular weight is 236 g/mol. The van der Waals surface area contributed by atoms with Crippen molar-refractivity contribution in [1.29, 1.82) is 5.26 Å². The largest absolute Gasteiger partial charge is 0.481 e. The highest BCUT2D eigenvalue weighted by molar-refractivity contribution is 7.09. The van der Waals surface area contributed by atoms with Crippen LogP contribution in [0.5, 0.6) is 0 Å². The Bertz CT molecular complexity index is 416. The van der Waals surface area contributed by atoms with E-state index in [9.17, 15) is 4.79 Å². The molecule has 0 amide bonds. The Morgan fingerprint density at radius 1 is 1.75 bits per heavy atom. The quantitative estimate of drug-likeness (QED) is 0.832. The highest BCUT2D eigenvalue weighted by Gasteiger charge is 2.47. The Kier molecular flexibility index (Phi) is 2.95. The van der Waals surface area contributed by atoms with E-state index in [1.807, 2.05) is 17.5 Å². The highest BCUT2D eigenvalue weighted by atomic mass is 32.1. The van der Waals surface area contributed by atoms with Crippen molar-refractivity contribution >= 4 is 17.3 Å². The topological polar surface area (TPSA) is 73.1 Å². The van der Waals surface area contributed by atoms with E-state index in [2.05, 4.69) is 11.4 Å². The highest BCUT2D eigenvalue weighted by Crippen LogP contribution is 2.37. The third-order valence-corrected chi connectivity index (χ3v) is 3.81. The van der Waals surface area contributed by atoms with Crippen molar-refractivity contribution in [3.8, 4) is 6.07 Å². The van der Waals surface area contributed by atoms with E-state index in [-0.39, 0.29) is 5.92 Å². The normalized spacial score (nSPS) is 28.1. The molecule has 2 rings (SSSR count). The Labute approximate surface area is 97.5 Å². The number of nitrogens with zero attached hydrogens (tertiary/aromatic N) is 1. The SMILES string of the molecule is N#CC1(NCc2cccs2)CC(C(=O)O)C1. The molecule has 0 unspecified atom stereocenters. The van der Waals surface area contributed by atoms with E-state index < -0.39 is 11.5 Å². The molecule has 1 aliphatic carbocycles. The van der Waals surface area contributed by atoms with Crippen molar-refractivity contribution in [1.82, 2.24) is 5.32 Å². The van der Waals surface area contributed by atoms with Crippen LogP contribution < -0.4 is 5.32 Å². The second kappa shape index (κ2) is 4.24. The zero-order valence-corrected chi connectivity index (χ0v) is 9.46. The van der Waals surface area contributed by atoms with Gasteiger partial charge in [0.25, 0.3) is 0 Å². The first-order valence-electron chi connectivity index (χ1n) is 5.07. The van der Waals surface area contributed by atoms with E-state index in [4.69, 9.17) is 10.4 Å². The Hall–Kier alpha value is -1.38. The van der Waals surface area contributed by atoms with E-state index in [0.717, 1.165) is 4.88 Å². The summed E-state index contributed by atoms with van der Waals surface area (Å²) in [5.74, 6) is -1.17. The number of carboxylic acids is 1. The minimum atomic E-state index is -0.802. The van der Waals surface area contributed by atoms with Crippen LogP contribution in [0.4, 0.5) is 0 Å². The molecule has 2 N–H and O–H groups in total. The van der Waals surface area contributed by atoms with Crippen LogP contribution in [0.3, 0.4) is 0 Å². The molecule has 0 aliphatic heterocycles. The summed E-state index contributed by atoms with van der Waals surface area (Å²) in [5.41, 5.74) is -0.632. The van der Waals surface area contributed by atoms with Gasteiger partial charge in [-0.3, -0.25) is 10.1 Å². The number of aliphatic carboxylic acids is 1. The fraction of sp³-hybridized carbons (Fsp3) is 0.455. The first-order chi connectivity index (χ1) is 7.65. The molecule has 1 fully saturated rings. The molecule has 16 heavy (non-hydrogen) atoms. The van der Waals surface area contributed by atoms with Gasteiger partial charge in [-0.25, -0.2) is 0 Å². The molecule has 0 aromatic carbocycles. The van der Waals surface area contributed by atoms with Gasteiger partial charge in [-0.2, -0.15) is 5.26 Å². The van der Waals surface area contributed by atoms with Crippen molar-refractivity contribution in [2.75, 3.05) is 0 Å². The Morgan fingerprint density at radius 3 is 3.00 bits per heavy atom. The van der Waals surface area contributed by atoms with Crippen molar-refractivity contribution < 1.29 is 9.90 Å². The predicted octanol–water partition coefficient (Wildman–Crippen LogP) is 1.59. The van der Waals surface area contributed by atoms with Crippen LogP contribution in [-0.2, 0) is 11.3 Å². The molecule has 0 bridgehead atoms. The third-order valence-electron chi connectivity index (χ3n) is 2.93. The number of nitrogens with one attached hydrogen (secondary N) is 1. The monoisotopic (exact) mass is 236 g/mol. The fourth-order valence-electron chi connectivity index (χ4n) is 1.90. The zero-order valence-electron chi connectivity index (χ0n) is 8.64. The van der Waals surface area contributed by atoms with Gasteiger partial charge < -0.3 is 5.11 Å². The number of carboxylic acid groups (broad SMARTS) is 1. The van der Waals surface area contributed by atoms with Crippen molar-refractivity contribution in [3.05, 3.63) is 22.4 Å². The van der Waals surface area contributed by atoms with Crippen LogP contribution in [0, 0.1) is 17.2 Å². The molecule has 0 atom stereocenters. The van der Waals surface area contributed by atoms with Gasteiger partial charge >= 0.3 is 5.97 Å². The maximum atomic E-state index is 10.7. The number of thiophene rings is 1. The molecule has 0 saturated heterocycles. The molecule has 84 valence electrons. The number of rotatable bonds is 4. The van der Waals surface area contributed by atoms with Crippen molar-refractivity contribution in [2.24, 2.45) is 5.92 Å². The van der Waals surface area contributed by atoms with E-state index in [1.165, 1.54) is 0 Å². The molecule has 4 nitrogen and oxygen atoms in total. The summed E-state index contributed by atoms with van der Waals surface area (Å²) in [7, 11) is 0. The van der Waals surface area contributed by atoms with Gasteiger partial charge in [0.05, 0.1) is 12.0 Å².